The van der Waals surface area contributed by atoms with Gasteiger partial charge in [0.1, 0.15) is 18.4 Å². The zero-order valence-electron chi connectivity index (χ0n) is 8.47. The molecule has 1 saturated heterocycles. The van der Waals surface area contributed by atoms with Crippen molar-refractivity contribution in [3.05, 3.63) is 29.8 Å². The summed E-state index contributed by atoms with van der Waals surface area (Å²) in [7, 11) is 0. The number of hydrogen-bond acceptors (Lipinski definition) is 3. The summed E-state index contributed by atoms with van der Waals surface area (Å²) in [6.07, 6.45) is 0. The minimum Gasteiger partial charge on any atom is -0.491 e. The van der Waals surface area contributed by atoms with E-state index in [1.165, 1.54) is 4.90 Å². The lowest BCUT2D eigenvalue weighted by Gasteiger charge is -2.19. The van der Waals surface area contributed by atoms with E-state index in [1.807, 2.05) is 24.3 Å². The van der Waals surface area contributed by atoms with Gasteiger partial charge in [-0.25, -0.2) is 4.79 Å². The Morgan fingerprint density at radius 1 is 1.31 bits per heavy atom. The molecule has 5 heteroatoms. The molecule has 0 saturated carbocycles. The van der Waals surface area contributed by atoms with Crippen LogP contribution in [0.3, 0.4) is 0 Å². The number of ether oxygens (including phenoxy) is 1. The van der Waals surface area contributed by atoms with Crippen molar-refractivity contribution < 1.29 is 14.3 Å². The van der Waals surface area contributed by atoms with E-state index in [0.717, 1.165) is 11.3 Å². The predicted octanol–water partition coefficient (Wildman–Crippen LogP) is 0.672. The fourth-order valence-electron chi connectivity index (χ4n) is 2.11. The molecule has 5 nitrogen and oxygen atoms in total. The van der Waals surface area contributed by atoms with Gasteiger partial charge in [0.15, 0.2) is 0 Å². The lowest BCUT2D eigenvalue weighted by Crippen LogP contribution is -2.35. The molecule has 3 amide bonds. The van der Waals surface area contributed by atoms with Crippen LogP contribution in [0.25, 0.3) is 0 Å². The first-order chi connectivity index (χ1) is 7.77. The van der Waals surface area contributed by atoms with Crippen molar-refractivity contribution in [1.82, 2.24) is 10.2 Å². The van der Waals surface area contributed by atoms with Crippen LogP contribution in [-0.2, 0) is 4.79 Å². The third-order valence-electron chi connectivity index (χ3n) is 2.86. The van der Waals surface area contributed by atoms with Crippen LogP contribution >= 0.6 is 0 Å². The molecular weight excluding hydrogens is 208 g/mol. The molecule has 82 valence electrons. The summed E-state index contributed by atoms with van der Waals surface area (Å²) >= 11 is 0. The average molecular weight is 218 g/mol. The van der Waals surface area contributed by atoms with Gasteiger partial charge in [-0.3, -0.25) is 9.69 Å². The number of urea groups is 1. The fourth-order valence-corrected chi connectivity index (χ4v) is 2.11. The van der Waals surface area contributed by atoms with Crippen LogP contribution in [0.5, 0.6) is 5.75 Å². The van der Waals surface area contributed by atoms with Crippen molar-refractivity contribution in [1.29, 1.82) is 0 Å². The Morgan fingerprint density at radius 2 is 2.12 bits per heavy atom. The Bertz CT molecular complexity index is 456. The van der Waals surface area contributed by atoms with Crippen LogP contribution in [0.1, 0.15) is 11.6 Å². The summed E-state index contributed by atoms with van der Waals surface area (Å²) in [4.78, 5) is 24.3. The quantitative estimate of drug-likeness (QED) is 0.705. The molecule has 1 unspecified atom stereocenters. The van der Waals surface area contributed by atoms with E-state index in [2.05, 4.69) is 5.32 Å². The van der Waals surface area contributed by atoms with Gasteiger partial charge < -0.3 is 10.1 Å². The highest BCUT2D eigenvalue weighted by atomic mass is 16.5. The molecule has 1 N–H and O–H groups in total. The van der Waals surface area contributed by atoms with Crippen molar-refractivity contribution in [3.63, 3.8) is 0 Å². The van der Waals surface area contributed by atoms with Crippen molar-refractivity contribution in [2.45, 2.75) is 6.04 Å². The molecule has 0 bridgehead atoms. The van der Waals surface area contributed by atoms with Crippen molar-refractivity contribution in [3.8, 4) is 5.75 Å². The van der Waals surface area contributed by atoms with Gasteiger partial charge in [-0.1, -0.05) is 18.2 Å². The monoisotopic (exact) mass is 218 g/mol. The first-order valence-electron chi connectivity index (χ1n) is 5.09. The second kappa shape index (κ2) is 3.23. The number of nitrogens with zero attached hydrogens (tertiary/aromatic N) is 1. The minimum atomic E-state index is -0.338. The van der Waals surface area contributed by atoms with Gasteiger partial charge in [0.05, 0.1) is 6.54 Å². The van der Waals surface area contributed by atoms with E-state index in [-0.39, 0.29) is 24.5 Å². The SMILES string of the molecule is O=C1CNC(=O)N1C1COc2ccccc21. The summed E-state index contributed by atoms with van der Waals surface area (Å²) < 4.78 is 5.45. The summed E-state index contributed by atoms with van der Waals surface area (Å²) in [5.74, 6) is 0.551. The second-order valence-corrected chi connectivity index (χ2v) is 3.79. The number of fused-ring (bicyclic) bond motifs is 1. The maximum atomic E-state index is 11.6. The number of benzene rings is 1. The summed E-state index contributed by atoms with van der Waals surface area (Å²) in [6.45, 7) is 0.427. The average Bonchev–Trinajstić information content (AvgIpc) is 2.83. The van der Waals surface area contributed by atoms with Crippen LogP contribution in [0.4, 0.5) is 4.79 Å². The standard InChI is InChI=1S/C11H10N2O3/c14-10-5-12-11(15)13(10)8-6-16-9-4-2-1-3-7(8)9/h1-4,8H,5-6H2,(H,12,15). The molecule has 2 heterocycles. The first kappa shape index (κ1) is 9.21. The number of carbonyl (C=O) groups is 2. The zero-order valence-corrected chi connectivity index (χ0v) is 8.47. The van der Waals surface area contributed by atoms with Gasteiger partial charge in [0.2, 0.25) is 0 Å². The molecule has 1 atom stereocenters. The molecule has 1 fully saturated rings. The Labute approximate surface area is 92.0 Å². The summed E-state index contributed by atoms with van der Waals surface area (Å²) in [6, 6.07) is 6.84. The molecule has 0 aliphatic carbocycles. The van der Waals surface area contributed by atoms with Crippen LogP contribution < -0.4 is 10.1 Å². The summed E-state index contributed by atoms with van der Waals surface area (Å²) in [5.41, 5.74) is 0.896. The molecule has 1 aromatic rings. The highest BCUT2D eigenvalue weighted by Gasteiger charge is 2.39. The third-order valence-corrected chi connectivity index (χ3v) is 2.86. The fraction of sp³-hybridized carbons (Fsp3) is 0.273. The maximum absolute atomic E-state index is 11.6. The highest BCUT2D eigenvalue weighted by Crippen LogP contribution is 2.36. The third kappa shape index (κ3) is 1.18. The molecule has 0 spiro atoms. The number of hydrogen-bond donors (Lipinski definition) is 1. The van der Waals surface area contributed by atoms with Crippen LogP contribution in [-0.4, -0.2) is 30.0 Å². The summed E-state index contributed by atoms with van der Waals surface area (Å²) in [5, 5.41) is 2.51. The van der Waals surface area contributed by atoms with E-state index >= 15 is 0 Å². The van der Waals surface area contributed by atoms with E-state index in [4.69, 9.17) is 4.74 Å². The largest absolute Gasteiger partial charge is 0.491 e. The minimum absolute atomic E-state index is 0.0809. The van der Waals surface area contributed by atoms with E-state index < -0.39 is 0 Å². The Morgan fingerprint density at radius 3 is 2.88 bits per heavy atom. The molecule has 2 aliphatic rings. The molecule has 1 aromatic carbocycles. The topological polar surface area (TPSA) is 58.6 Å². The highest BCUT2D eigenvalue weighted by molar-refractivity contribution is 6.02. The molecular formula is C11H10N2O3. The zero-order chi connectivity index (χ0) is 11.1. The van der Waals surface area contributed by atoms with Gasteiger partial charge in [0.25, 0.3) is 5.91 Å². The van der Waals surface area contributed by atoms with Crippen LogP contribution in [0, 0.1) is 0 Å². The van der Waals surface area contributed by atoms with Gasteiger partial charge >= 0.3 is 6.03 Å². The molecule has 2 aliphatic heterocycles. The lowest BCUT2D eigenvalue weighted by atomic mass is 10.1. The van der Waals surface area contributed by atoms with E-state index in [0.29, 0.717) is 6.61 Å². The lowest BCUT2D eigenvalue weighted by molar-refractivity contribution is -0.126. The predicted molar refractivity (Wildman–Crippen MR) is 54.9 cm³/mol. The smallest absolute Gasteiger partial charge is 0.325 e. The van der Waals surface area contributed by atoms with Gasteiger partial charge in [-0.2, -0.15) is 0 Å². The van der Waals surface area contributed by atoms with Crippen molar-refractivity contribution >= 4 is 11.9 Å². The Kier molecular flexibility index (Phi) is 1.86. The number of para-hydroxylation sites is 1. The first-order valence-corrected chi connectivity index (χ1v) is 5.09. The van der Waals surface area contributed by atoms with Gasteiger partial charge in [0, 0.05) is 5.56 Å². The number of imide groups is 1. The van der Waals surface area contributed by atoms with E-state index in [1.54, 1.807) is 0 Å². The second-order valence-electron chi connectivity index (χ2n) is 3.79. The number of amides is 3. The molecule has 16 heavy (non-hydrogen) atoms. The van der Waals surface area contributed by atoms with Gasteiger partial charge in [-0.05, 0) is 6.07 Å². The Hall–Kier alpha value is -2.04. The molecule has 0 aromatic heterocycles. The molecule has 0 radical (unpaired) electrons. The number of carbonyl (C=O) groups excluding carboxylic acids is 2. The maximum Gasteiger partial charge on any atom is 0.325 e. The van der Waals surface area contributed by atoms with Crippen molar-refractivity contribution in [2.75, 3.05) is 13.2 Å². The van der Waals surface area contributed by atoms with E-state index in [9.17, 15) is 9.59 Å². The molecule has 3 rings (SSSR count). The normalized spacial score (nSPS) is 23.0. The number of rotatable bonds is 1. The van der Waals surface area contributed by atoms with Crippen molar-refractivity contribution in [2.24, 2.45) is 0 Å². The number of nitrogens with one attached hydrogen (secondary N) is 1. The van der Waals surface area contributed by atoms with Gasteiger partial charge in [-0.15, -0.1) is 0 Å². The van der Waals surface area contributed by atoms with Crippen LogP contribution in [0.2, 0.25) is 0 Å². The Balaban J connectivity index is 1.98. The van der Waals surface area contributed by atoms with Crippen LogP contribution in [0.15, 0.2) is 24.3 Å².